The lowest BCUT2D eigenvalue weighted by Gasteiger charge is -2.00. The summed E-state index contributed by atoms with van der Waals surface area (Å²) >= 11 is 0. The Morgan fingerprint density at radius 3 is 1.81 bits per heavy atom. The molecule has 0 aromatic carbocycles. The van der Waals surface area contributed by atoms with Gasteiger partial charge in [0.25, 0.3) is 0 Å². The molecular weight excluding hydrogens is 213 g/mol. The van der Waals surface area contributed by atoms with Crippen molar-refractivity contribution in [2.75, 3.05) is 0 Å². The van der Waals surface area contributed by atoms with Crippen LogP contribution in [0.2, 0.25) is 0 Å². The van der Waals surface area contributed by atoms with Crippen LogP contribution >= 0.6 is 0 Å². The Balaban J connectivity index is 3.13. The molecule has 0 nitrogen and oxygen atoms in total. The zero-order valence-corrected chi connectivity index (χ0v) is 10.2. The van der Waals surface area contributed by atoms with Gasteiger partial charge in [0.15, 0.2) is 0 Å². The highest BCUT2D eigenvalue weighted by atomic mass is 19.4. The summed E-state index contributed by atoms with van der Waals surface area (Å²) in [5.41, 5.74) is 0. The lowest BCUT2D eigenvalue weighted by atomic mass is 10.1. The van der Waals surface area contributed by atoms with Crippen molar-refractivity contribution in [2.24, 2.45) is 0 Å². The molecule has 0 rings (SSSR count). The maximum absolute atomic E-state index is 11.7. The number of allylic oxidation sites excluding steroid dienone is 2. The lowest BCUT2D eigenvalue weighted by Crippen LogP contribution is -2.00. The summed E-state index contributed by atoms with van der Waals surface area (Å²) in [6.07, 6.45) is 7.41. The maximum Gasteiger partial charge on any atom is 0.409 e. The van der Waals surface area contributed by atoms with E-state index >= 15 is 0 Å². The van der Waals surface area contributed by atoms with Crippen LogP contribution in [0.25, 0.3) is 0 Å². The summed E-state index contributed by atoms with van der Waals surface area (Å²) in [7, 11) is 0. The first-order chi connectivity index (χ1) is 7.56. The number of hydrogen-bond acceptors (Lipinski definition) is 0. The monoisotopic (exact) mass is 236 g/mol. The molecule has 0 spiro atoms. The standard InChI is InChI=1S/C13H23F3/c1-2-3-4-5-6-7-8-9-10-11-12-13(14,15)16/h11-12H,2-10H2,1H3. The minimum absolute atomic E-state index is 0.342. The van der Waals surface area contributed by atoms with E-state index < -0.39 is 6.18 Å². The van der Waals surface area contributed by atoms with Gasteiger partial charge in [0, 0.05) is 6.08 Å². The Bertz CT molecular complexity index is 171. The van der Waals surface area contributed by atoms with E-state index in [4.69, 9.17) is 0 Å². The minimum atomic E-state index is -4.14. The van der Waals surface area contributed by atoms with E-state index in [2.05, 4.69) is 6.92 Å². The van der Waals surface area contributed by atoms with E-state index in [-0.39, 0.29) is 0 Å². The van der Waals surface area contributed by atoms with Gasteiger partial charge in [0.2, 0.25) is 0 Å². The van der Waals surface area contributed by atoms with E-state index in [0.717, 1.165) is 19.3 Å². The first-order valence-electron chi connectivity index (χ1n) is 6.30. The van der Waals surface area contributed by atoms with E-state index in [1.165, 1.54) is 38.2 Å². The molecule has 0 aliphatic heterocycles. The van der Waals surface area contributed by atoms with Crippen molar-refractivity contribution in [1.29, 1.82) is 0 Å². The van der Waals surface area contributed by atoms with Crippen molar-refractivity contribution >= 4 is 0 Å². The molecule has 0 heterocycles. The Morgan fingerprint density at radius 1 is 0.812 bits per heavy atom. The van der Waals surface area contributed by atoms with E-state index in [9.17, 15) is 13.2 Å². The van der Waals surface area contributed by atoms with Gasteiger partial charge in [-0.1, -0.05) is 57.9 Å². The van der Waals surface area contributed by atoms with Gasteiger partial charge in [-0.2, -0.15) is 13.2 Å². The highest BCUT2D eigenvalue weighted by molar-refractivity contribution is 4.88. The molecular formula is C13H23F3. The average Bonchev–Trinajstić information content (AvgIpc) is 2.19. The molecule has 0 bridgehead atoms. The predicted molar refractivity (Wildman–Crippen MR) is 62.4 cm³/mol. The molecule has 0 atom stereocenters. The fourth-order valence-electron chi connectivity index (χ4n) is 1.61. The molecule has 0 aliphatic rings. The molecule has 96 valence electrons. The third-order valence-corrected chi connectivity index (χ3v) is 2.53. The van der Waals surface area contributed by atoms with Gasteiger partial charge >= 0.3 is 6.18 Å². The summed E-state index contributed by atoms with van der Waals surface area (Å²) < 4.78 is 35.2. The van der Waals surface area contributed by atoms with Gasteiger partial charge in [0.05, 0.1) is 0 Å². The molecule has 0 unspecified atom stereocenters. The van der Waals surface area contributed by atoms with Crippen LogP contribution in [0.4, 0.5) is 13.2 Å². The third kappa shape index (κ3) is 13.5. The molecule has 0 N–H and O–H groups in total. The molecule has 0 aromatic rings. The zero-order chi connectivity index (χ0) is 12.3. The summed E-state index contributed by atoms with van der Waals surface area (Å²) in [5, 5.41) is 0. The predicted octanol–water partition coefficient (Wildman–Crippen LogP) is 5.64. The van der Waals surface area contributed by atoms with Crippen LogP contribution in [0, 0.1) is 0 Å². The molecule has 16 heavy (non-hydrogen) atoms. The summed E-state index contributed by atoms with van der Waals surface area (Å²) in [4.78, 5) is 0. The second-order valence-electron chi connectivity index (χ2n) is 4.21. The second kappa shape index (κ2) is 9.73. The number of halogens is 3. The zero-order valence-electron chi connectivity index (χ0n) is 10.2. The van der Waals surface area contributed by atoms with Crippen LogP contribution in [0.1, 0.15) is 64.7 Å². The van der Waals surface area contributed by atoms with Crippen LogP contribution < -0.4 is 0 Å². The first-order valence-corrected chi connectivity index (χ1v) is 6.30. The van der Waals surface area contributed by atoms with Gasteiger partial charge in [-0.15, -0.1) is 0 Å². The smallest absolute Gasteiger partial charge is 0.167 e. The lowest BCUT2D eigenvalue weighted by molar-refractivity contribution is -0.0800. The molecule has 0 amide bonds. The van der Waals surface area contributed by atoms with E-state index in [1.807, 2.05) is 0 Å². The molecule has 0 fully saturated rings. The fraction of sp³-hybridized carbons (Fsp3) is 0.846. The minimum Gasteiger partial charge on any atom is -0.167 e. The molecule has 0 aromatic heterocycles. The fourth-order valence-corrected chi connectivity index (χ4v) is 1.61. The molecule has 0 saturated carbocycles. The van der Waals surface area contributed by atoms with E-state index in [1.54, 1.807) is 0 Å². The molecule has 0 saturated heterocycles. The van der Waals surface area contributed by atoms with Crippen LogP contribution in [0.5, 0.6) is 0 Å². The molecule has 0 aliphatic carbocycles. The van der Waals surface area contributed by atoms with Crippen LogP contribution in [-0.4, -0.2) is 6.18 Å². The quantitative estimate of drug-likeness (QED) is 0.359. The Labute approximate surface area is 96.9 Å². The second-order valence-corrected chi connectivity index (χ2v) is 4.21. The molecule has 0 radical (unpaired) electrons. The summed E-state index contributed by atoms with van der Waals surface area (Å²) in [6, 6.07) is 0. The highest BCUT2D eigenvalue weighted by Gasteiger charge is 2.21. The number of alkyl halides is 3. The Kier molecular flexibility index (Phi) is 9.45. The van der Waals surface area contributed by atoms with Crippen molar-refractivity contribution in [1.82, 2.24) is 0 Å². The van der Waals surface area contributed by atoms with Gasteiger partial charge in [-0.25, -0.2) is 0 Å². The number of rotatable bonds is 9. The van der Waals surface area contributed by atoms with Gasteiger partial charge in [-0.05, 0) is 12.8 Å². The van der Waals surface area contributed by atoms with Crippen molar-refractivity contribution in [3.63, 3.8) is 0 Å². The van der Waals surface area contributed by atoms with Crippen molar-refractivity contribution in [2.45, 2.75) is 70.9 Å². The molecule has 3 heteroatoms. The van der Waals surface area contributed by atoms with Gasteiger partial charge < -0.3 is 0 Å². The summed E-state index contributed by atoms with van der Waals surface area (Å²) in [5.74, 6) is 0. The number of hydrogen-bond donors (Lipinski definition) is 0. The van der Waals surface area contributed by atoms with Gasteiger partial charge in [-0.3, -0.25) is 0 Å². The van der Waals surface area contributed by atoms with Crippen LogP contribution in [-0.2, 0) is 0 Å². The average molecular weight is 236 g/mol. The Hall–Kier alpha value is -0.470. The highest BCUT2D eigenvalue weighted by Crippen LogP contribution is 2.17. The summed E-state index contributed by atoms with van der Waals surface area (Å²) in [6.45, 7) is 2.19. The van der Waals surface area contributed by atoms with Crippen LogP contribution in [0.15, 0.2) is 12.2 Å². The third-order valence-electron chi connectivity index (χ3n) is 2.53. The van der Waals surface area contributed by atoms with Crippen molar-refractivity contribution < 1.29 is 13.2 Å². The van der Waals surface area contributed by atoms with Gasteiger partial charge in [0.1, 0.15) is 0 Å². The first kappa shape index (κ1) is 15.5. The normalized spacial score (nSPS) is 12.5. The Morgan fingerprint density at radius 2 is 1.31 bits per heavy atom. The van der Waals surface area contributed by atoms with Crippen molar-refractivity contribution in [3.05, 3.63) is 12.2 Å². The van der Waals surface area contributed by atoms with E-state index in [0.29, 0.717) is 12.5 Å². The van der Waals surface area contributed by atoms with Crippen LogP contribution in [0.3, 0.4) is 0 Å². The number of unbranched alkanes of at least 4 members (excludes halogenated alkanes) is 8. The topological polar surface area (TPSA) is 0 Å². The maximum atomic E-state index is 11.7. The van der Waals surface area contributed by atoms with Crippen molar-refractivity contribution in [3.8, 4) is 0 Å². The largest absolute Gasteiger partial charge is 0.409 e. The SMILES string of the molecule is CCCCCCCCCCC=CC(F)(F)F.